The summed E-state index contributed by atoms with van der Waals surface area (Å²) >= 11 is 1.60. The molecule has 1 atom stereocenters. The number of nitrogens with zero attached hydrogens (tertiary/aromatic N) is 5. The topological polar surface area (TPSA) is 67.9 Å². The molecule has 0 aromatic carbocycles. The number of thiophene rings is 1. The smallest absolute Gasteiger partial charge is 0.257 e. The van der Waals surface area contributed by atoms with Crippen LogP contribution in [0.4, 0.5) is 0 Å². The first-order valence-corrected chi connectivity index (χ1v) is 8.08. The third-order valence-corrected chi connectivity index (χ3v) is 4.84. The van der Waals surface area contributed by atoms with Crippen LogP contribution in [0.25, 0.3) is 10.8 Å². The lowest BCUT2D eigenvalue weighted by Gasteiger charge is -2.30. The first-order chi connectivity index (χ1) is 10.8. The molecule has 0 bridgehead atoms. The molecule has 112 valence electrons. The van der Waals surface area contributed by atoms with Gasteiger partial charge in [0.05, 0.1) is 16.6 Å². The molecule has 7 heteroatoms. The Balaban J connectivity index is 1.54. The van der Waals surface area contributed by atoms with Gasteiger partial charge in [-0.15, -0.1) is 21.5 Å². The summed E-state index contributed by atoms with van der Waals surface area (Å²) in [6.45, 7) is 3.83. The highest BCUT2D eigenvalue weighted by atomic mass is 32.1. The van der Waals surface area contributed by atoms with Crippen LogP contribution >= 0.6 is 11.3 Å². The number of aromatic nitrogens is 4. The molecule has 0 spiro atoms. The van der Waals surface area contributed by atoms with E-state index in [1.165, 1.54) is 5.56 Å². The van der Waals surface area contributed by atoms with E-state index in [4.69, 9.17) is 4.42 Å². The zero-order valence-electron chi connectivity index (χ0n) is 12.1. The molecule has 3 aromatic heterocycles. The largest absolute Gasteiger partial charge is 0.418 e. The number of hydrogen-bond acceptors (Lipinski definition) is 7. The summed E-state index contributed by atoms with van der Waals surface area (Å²) < 4.78 is 5.84. The monoisotopic (exact) mass is 313 g/mol. The Labute approximate surface area is 131 Å². The summed E-state index contributed by atoms with van der Waals surface area (Å²) in [6, 6.07) is 4.04. The van der Waals surface area contributed by atoms with Crippen molar-refractivity contribution in [1.29, 1.82) is 0 Å². The van der Waals surface area contributed by atoms with Gasteiger partial charge < -0.3 is 4.42 Å². The molecule has 3 aromatic rings. The molecule has 0 N–H and O–H groups in total. The van der Waals surface area contributed by atoms with E-state index in [0.29, 0.717) is 11.8 Å². The van der Waals surface area contributed by atoms with Gasteiger partial charge in [-0.1, -0.05) is 6.07 Å². The maximum atomic E-state index is 5.84. The van der Waals surface area contributed by atoms with Crippen LogP contribution < -0.4 is 0 Å². The molecular formula is C15H15N5OS. The lowest BCUT2D eigenvalue weighted by Crippen LogP contribution is -2.33. The Bertz CT molecular complexity index is 770. The molecule has 0 saturated carbocycles. The van der Waals surface area contributed by atoms with Gasteiger partial charge in [0.15, 0.2) is 0 Å². The normalized spacial score (nSPS) is 16.4. The molecule has 4 heterocycles. The lowest BCUT2D eigenvalue weighted by atomic mass is 10.1. The first-order valence-electron chi connectivity index (χ1n) is 7.20. The fourth-order valence-corrected chi connectivity index (χ4v) is 3.30. The minimum atomic E-state index is 0.0735. The van der Waals surface area contributed by atoms with Crippen LogP contribution in [-0.4, -0.2) is 31.6 Å². The van der Waals surface area contributed by atoms with Gasteiger partial charge in [-0.2, -0.15) is 0 Å². The highest BCUT2D eigenvalue weighted by molar-refractivity contribution is 7.13. The number of hydrogen-bond donors (Lipinski definition) is 0. The van der Waals surface area contributed by atoms with Crippen molar-refractivity contribution in [3.8, 4) is 10.8 Å². The predicted molar refractivity (Wildman–Crippen MR) is 82.2 cm³/mol. The van der Waals surface area contributed by atoms with Crippen LogP contribution in [0.5, 0.6) is 0 Å². The van der Waals surface area contributed by atoms with Gasteiger partial charge in [0.2, 0.25) is 5.89 Å². The molecule has 0 unspecified atom stereocenters. The van der Waals surface area contributed by atoms with E-state index in [2.05, 4.69) is 32.0 Å². The Morgan fingerprint density at radius 2 is 2.32 bits per heavy atom. The van der Waals surface area contributed by atoms with E-state index < -0.39 is 0 Å². The molecule has 1 aliphatic heterocycles. The van der Waals surface area contributed by atoms with Gasteiger partial charge in [-0.3, -0.25) is 4.90 Å². The van der Waals surface area contributed by atoms with E-state index in [0.717, 1.165) is 30.1 Å². The Kier molecular flexibility index (Phi) is 3.44. The van der Waals surface area contributed by atoms with Gasteiger partial charge >= 0.3 is 0 Å². The van der Waals surface area contributed by atoms with Crippen LogP contribution in [0.2, 0.25) is 0 Å². The van der Waals surface area contributed by atoms with Crippen molar-refractivity contribution in [2.45, 2.75) is 25.9 Å². The third kappa shape index (κ3) is 2.42. The van der Waals surface area contributed by atoms with Crippen LogP contribution in [0, 0.1) is 0 Å². The van der Waals surface area contributed by atoms with Crippen molar-refractivity contribution < 1.29 is 4.42 Å². The summed E-state index contributed by atoms with van der Waals surface area (Å²) in [4.78, 5) is 11.8. The molecule has 22 heavy (non-hydrogen) atoms. The van der Waals surface area contributed by atoms with E-state index in [-0.39, 0.29) is 6.04 Å². The molecule has 6 nitrogen and oxygen atoms in total. The van der Waals surface area contributed by atoms with Crippen molar-refractivity contribution in [3.63, 3.8) is 0 Å². The lowest BCUT2D eigenvalue weighted by molar-refractivity contribution is 0.164. The quantitative estimate of drug-likeness (QED) is 0.740. The second-order valence-electron chi connectivity index (χ2n) is 5.31. The van der Waals surface area contributed by atoms with Crippen LogP contribution in [-0.2, 0) is 13.0 Å². The van der Waals surface area contributed by atoms with Gasteiger partial charge in [0.25, 0.3) is 5.89 Å². The van der Waals surface area contributed by atoms with Gasteiger partial charge in [-0.25, -0.2) is 9.97 Å². The average Bonchev–Trinajstić information content (AvgIpc) is 3.24. The number of fused-ring (bicyclic) bond motifs is 1. The molecule has 0 fully saturated rings. The summed E-state index contributed by atoms with van der Waals surface area (Å²) in [6.07, 6.45) is 4.47. The van der Waals surface area contributed by atoms with E-state index in [1.807, 2.05) is 23.7 Å². The zero-order chi connectivity index (χ0) is 14.9. The van der Waals surface area contributed by atoms with Crippen LogP contribution in [0.3, 0.4) is 0 Å². The molecule has 0 amide bonds. The molecule has 1 aliphatic rings. The van der Waals surface area contributed by atoms with Crippen LogP contribution in [0.15, 0.2) is 34.5 Å². The minimum absolute atomic E-state index is 0.0735. The standard InChI is InChI=1S/C15H15N5OS/c1-10(14-18-19-15(21-14)13-3-2-6-22-13)20-5-4-11-7-16-9-17-12(11)8-20/h2-3,6-7,9-10H,4-5,8H2,1H3/t10-/m0/s1. The van der Waals surface area contributed by atoms with E-state index in [1.54, 1.807) is 17.7 Å². The fraction of sp³-hybridized carbons (Fsp3) is 0.333. The van der Waals surface area contributed by atoms with Crippen LogP contribution in [0.1, 0.15) is 30.1 Å². The van der Waals surface area contributed by atoms with Gasteiger partial charge in [0.1, 0.15) is 6.33 Å². The zero-order valence-corrected chi connectivity index (χ0v) is 13.0. The van der Waals surface area contributed by atoms with Gasteiger partial charge in [0, 0.05) is 19.3 Å². The Morgan fingerprint density at radius 3 is 3.18 bits per heavy atom. The van der Waals surface area contributed by atoms with Crippen molar-refractivity contribution in [1.82, 2.24) is 25.1 Å². The molecule has 0 saturated heterocycles. The maximum absolute atomic E-state index is 5.84. The van der Waals surface area contributed by atoms with E-state index in [9.17, 15) is 0 Å². The predicted octanol–water partition coefficient (Wildman–Crippen LogP) is 2.71. The summed E-state index contributed by atoms with van der Waals surface area (Å²) in [5, 5.41) is 10.4. The van der Waals surface area contributed by atoms with Crippen molar-refractivity contribution in [3.05, 3.63) is 47.2 Å². The number of rotatable bonds is 3. The van der Waals surface area contributed by atoms with Crippen molar-refractivity contribution >= 4 is 11.3 Å². The first kappa shape index (κ1) is 13.5. The second kappa shape index (κ2) is 5.58. The summed E-state index contributed by atoms with van der Waals surface area (Å²) in [7, 11) is 0. The Hall–Kier alpha value is -2.12. The molecule has 0 radical (unpaired) electrons. The summed E-state index contributed by atoms with van der Waals surface area (Å²) in [5.74, 6) is 1.25. The van der Waals surface area contributed by atoms with Gasteiger partial charge in [-0.05, 0) is 30.4 Å². The highest BCUT2D eigenvalue weighted by Gasteiger charge is 2.26. The molecular weight excluding hydrogens is 298 g/mol. The third-order valence-electron chi connectivity index (χ3n) is 3.98. The maximum Gasteiger partial charge on any atom is 0.257 e. The average molecular weight is 313 g/mol. The second-order valence-corrected chi connectivity index (χ2v) is 6.26. The molecule has 0 aliphatic carbocycles. The van der Waals surface area contributed by atoms with Crippen molar-refractivity contribution in [2.24, 2.45) is 0 Å². The highest BCUT2D eigenvalue weighted by Crippen LogP contribution is 2.29. The minimum Gasteiger partial charge on any atom is -0.418 e. The van der Waals surface area contributed by atoms with E-state index >= 15 is 0 Å². The molecule has 4 rings (SSSR count). The van der Waals surface area contributed by atoms with Crippen molar-refractivity contribution in [2.75, 3.05) is 6.54 Å². The fourth-order valence-electron chi connectivity index (χ4n) is 2.66. The Morgan fingerprint density at radius 1 is 1.36 bits per heavy atom. The SMILES string of the molecule is C[C@@H](c1nnc(-c2cccs2)o1)N1CCc2cncnc2C1. The summed E-state index contributed by atoms with van der Waals surface area (Å²) in [5.41, 5.74) is 2.32.